The van der Waals surface area contributed by atoms with Crippen molar-refractivity contribution in [1.82, 2.24) is 4.98 Å². The zero-order valence-corrected chi connectivity index (χ0v) is 17.4. The minimum Gasteiger partial charge on any atom is -0.497 e. The first-order chi connectivity index (χ1) is 14.7. The van der Waals surface area contributed by atoms with Gasteiger partial charge in [0.1, 0.15) is 11.2 Å². The van der Waals surface area contributed by atoms with Gasteiger partial charge in [-0.15, -0.1) is 0 Å². The number of nitrogens with zero attached hydrogens (tertiary/aromatic N) is 1. The molecule has 0 saturated carbocycles. The molecule has 4 heteroatoms. The van der Waals surface area contributed by atoms with E-state index in [9.17, 15) is 4.57 Å². The molecule has 0 bridgehead atoms. The number of hydrogen-bond donors (Lipinski definition) is 0. The van der Waals surface area contributed by atoms with Crippen LogP contribution in [0.3, 0.4) is 0 Å². The zero-order valence-electron chi connectivity index (χ0n) is 16.5. The van der Waals surface area contributed by atoms with E-state index in [1.807, 2.05) is 97.1 Å². The summed E-state index contributed by atoms with van der Waals surface area (Å²) in [6.45, 7) is 0. The third kappa shape index (κ3) is 2.91. The topological polar surface area (TPSA) is 39.2 Å². The van der Waals surface area contributed by atoms with Crippen LogP contribution in [0.25, 0.3) is 21.7 Å². The van der Waals surface area contributed by atoms with E-state index in [1.165, 1.54) is 0 Å². The van der Waals surface area contributed by atoms with Gasteiger partial charge in [-0.05, 0) is 17.5 Å². The van der Waals surface area contributed by atoms with Crippen molar-refractivity contribution in [2.24, 2.45) is 0 Å². The molecule has 30 heavy (non-hydrogen) atoms. The molecule has 0 atom stereocenters. The van der Waals surface area contributed by atoms with Crippen molar-refractivity contribution in [2.45, 2.75) is 0 Å². The van der Waals surface area contributed by atoms with Gasteiger partial charge in [0.2, 0.25) is 0 Å². The Morgan fingerprint density at radius 3 is 1.83 bits per heavy atom. The highest BCUT2D eigenvalue weighted by molar-refractivity contribution is 7.85. The summed E-state index contributed by atoms with van der Waals surface area (Å²) in [5, 5.41) is 4.51. The molecular formula is C26H20NO2P. The number of pyridine rings is 1. The Labute approximate surface area is 175 Å². The van der Waals surface area contributed by atoms with Crippen molar-refractivity contribution in [1.29, 1.82) is 0 Å². The van der Waals surface area contributed by atoms with Gasteiger partial charge in [0, 0.05) is 27.4 Å². The molecule has 1 heterocycles. The number of fused-ring (bicyclic) bond motifs is 3. The first-order valence-corrected chi connectivity index (χ1v) is 11.5. The first-order valence-electron chi connectivity index (χ1n) is 9.80. The molecule has 3 nitrogen and oxygen atoms in total. The van der Waals surface area contributed by atoms with Crippen LogP contribution >= 0.6 is 7.14 Å². The standard InChI is InChI=1S/C26H20NO2P/c1-29-19-16-17-23-22-14-8-9-15-24(22)26(27-25(23)18-19)30(28,20-10-4-2-5-11-20)21-12-6-3-7-13-21/h2-18H,1H3. The number of aromatic nitrogens is 1. The highest BCUT2D eigenvalue weighted by Gasteiger charge is 2.33. The number of methoxy groups -OCH3 is 1. The summed E-state index contributed by atoms with van der Waals surface area (Å²) in [4.78, 5) is 4.99. The lowest BCUT2D eigenvalue weighted by Gasteiger charge is -2.21. The van der Waals surface area contributed by atoms with Crippen molar-refractivity contribution in [2.75, 3.05) is 7.11 Å². The molecule has 0 spiro atoms. The van der Waals surface area contributed by atoms with Gasteiger partial charge in [0.05, 0.1) is 12.6 Å². The van der Waals surface area contributed by atoms with Gasteiger partial charge in [-0.2, -0.15) is 0 Å². The summed E-state index contributed by atoms with van der Waals surface area (Å²) >= 11 is 0. The second-order valence-electron chi connectivity index (χ2n) is 7.14. The van der Waals surface area contributed by atoms with Crippen LogP contribution in [0.4, 0.5) is 0 Å². The molecule has 0 radical (unpaired) electrons. The smallest absolute Gasteiger partial charge is 0.189 e. The summed E-state index contributed by atoms with van der Waals surface area (Å²) < 4.78 is 20.4. The molecule has 5 rings (SSSR count). The van der Waals surface area contributed by atoms with E-state index in [0.29, 0.717) is 5.44 Å². The Morgan fingerprint density at radius 1 is 0.667 bits per heavy atom. The van der Waals surface area contributed by atoms with Crippen LogP contribution in [0, 0.1) is 0 Å². The van der Waals surface area contributed by atoms with Crippen LogP contribution in [0.2, 0.25) is 0 Å². The molecule has 0 unspecified atom stereocenters. The maximum atomic E-state index is 14.9. The lowest BCUT2D eigenvalue weighted by molar-refractivity contribution is 0.415. The molecule has 0 saturated heterocycles. The van der Waals surface area contributed by atoms with Crippen LogP contribution in [-0.4, -0.2) is 12.1 Å². The fraction of sp³-hybridized carbons (Fsp3) is 0.0385. The number of ether oxygens (including phenoxy) is 1. The molecule has 0 amide bonds. The predicted molar refractivity (Wildman–Crippen MR) is 125 cm³/mol. The monoisotopic (exact) mass is 409 g/mol. The maximum absolute atomic E-state index is 14.9. The Hall–Kier alpha value is -3.42. The molecule has 0 aliphatic heterocycles. The molecule has 0 N–H and O–H groups in total. The van der Waals surface area contributed by atoms with Gasteiger partial charge in [-0.3, -0.25) is 0 Å². The van der Waals surface area contributed by atoms with E-state index >= 15 is 0 Å². The molecule has 4 aromatic carbocycles. The SMILES string of the molecule is COc1ccc2c(c1)nc(P(=O)(c1ccccc1)c1ccccc1)c1ccccc12. The van der Waals surface area contributed by atoms with Gasteiger partial charge in [-0.1, -0.05) is 84.9 Å². The lowest BCUT2D eigenvalue weighted by Crippen LogP contribution is -2.27. The van der Waals surface area contributed by atoms with Crippen LogP contribution < -0.4 is 20.8 Å². The van der Waals surface area contributed by atoms with Gasteiger partial charge in [-0.25, -0.2) is 4.98 Å². The van der Waals surface area contributed by atoms with Crippen LogP contribution in [0.1, 0.15) is 0 Å². The first kappa shape index (κ1) is 18.6. The van der Waals surface area contributed by atoms with Crippen LogP contribution in [-0.2, 0) is 4.57 Å². The summed E-state index contributed by atoms with van der Waals surface area (Å²) in [5.74, 6) is 0.727. The van der Waals surface area contributed by atoms with Crippen molar-refractivity contribution in [3.05, 3.63) is 103 Å². The highest BCUT2D eigenvalue weighted by Crippen LogP contribution is 2.44. The fourth-order valence-electron chi connectivity index (χ4n) is 3.96. The Morgan fingerprint density at radius 2 is 1.23 bits per heavy atom. The van der Waals surface area contributed by atoms with Gasteiger partial charge in [0.25, 0.3) is 0 Å². The molecule has 5 aromatic rings. The van der Waals surface area contributed by atoms with Crippen molar-refractivity contribution < 1.29 is 9.30 Å². The molecule has 0 fully saturated rings. The third-order valence-corrected chi connectivity index (χ3v) is 8.42. The van der Waals surface area contributed by atoms with Gasteiger partial charge < -0.3 is 9.30 Å². The number of benzene rings is 4. The second-order valence-corrected chi connectivity index (χ2v) is 9.82. The Bertz CT molecular complexity index is 1360. The molecule has 0 aliphatic carbocycles. The average molecular weight is 409 g/mol. The van der Waals surface area contributed by atoms with Crippen LogP contribution in [0.5, 0.6) is 5.75 Å². The van der Waals surface area contributed by atoms with Crippen molar-refractivity contribution in [3.8, 4) is 5.75 Å². The molecular weight excluding hydrogens is 389 g/mol. The van der Waals surface area contributed by atoms with Crippen molar-refractivity contribution >= 4 is 44.9 Å². The van der Waals surface area contributed by atoms with Gasteiger partial charge >= 0.3 is 0 Å². The Kier molecular flexibility index (Phi) is 4.61. The predicted octanol–water partition coefficient (Wildman–Crippen LogP) is 5.04. The van der Waals surface area contributed by atoms with E-state index in [2.05, 4.69) is 6.07 Å². The van der Waals surface area contributed by atoms with Gasteiger partial charge in [0.15, 0.2) is 7.14 Å². The number of rotatable bonds is 4. The zero-order chi connectivity index (χ0) is 20.6. The minimum atomic E-state index is -3.20. The molecule has 1 aromatic heterocycles. The third-order valence-electron chi connectivity index (χ3n) is 5.43. The fourth-order valence-corrected chi connectivity index (χ4v) is 6.71. The lowest BCUT2D eigenvalue weighted by atomic mass is 10.1. The van der Waals surface area contributed by atoms with E-state index in [0.717, 1.165) is 38.0 Å². The summed E-state index contributed by atoms with van der Waals surface area (Å²) in [6.07, 6.45) is 0. The van der Waals surface area contributed by atoms with E-state index in [1.54, 1.807) is 7.11 Å². The molecule has 146 valence electrons. The summed E-state index contributed by atoms with van der Waals surface area (Å²) in [6, 6.07) is 33.2. The molecule has 0 aliphatic rings. The van der Waals surface area contributed by atoms with E-state index in [-0.39, 0.29) is 0 Å². The second kappa shape index (κ2) is 7.44. The van der Waals surface area contributed by atoms with Crippen LogP contribution in [0.15, 0.2) is 103 Å². The minimum absolute atomic E-state index is 0.608. The quantitative estimate of drug-likeness (QED) is 0.309. The summed E-state index contributed by atoms with van der Waals surface area (Å²) in [5.41, 5.74) is 1.38. The van der Waals surface area contributed by atoms with E-state index in [4.69, 9.17) is 9.72 Å². The number of hydrogen-bond acceptors (Lipinski definition) is 3. The average Bonchev–Trinajstić information content (AvgIpc) is 2.83. The normalized spacial score (nSPS) is 11.6. The van der Waals surface area contributed by atoms with E-state index < -0.39 is 7.14 Å². The largest absolute Gasteiger partial charge is 0.497 e. The summed E-state index contributed by atoms with van der Waals surface area (Å²) in [7, 11) is -1.56. The highest BCUT2D eigenvalue weighted by atomic mass is 31.2. The maximum Gasteiger partial charge on any atom is 0.189 e. The van der Waals surface area contributed by atoms with Crippen molar-refractivity contribution in [3.63, 3.8) is 0 Å². The Balaban J connectivity index is 1.94.